The molecule has 4 rings (SSSR count). The van der Waals surface area contributed by atoms with Crippen LogP contribution in [0.4, 0.5) is 0 Å². The van der Waals surface area contributed by atoms with Crippen LogP contribution in [0.5, 0.6) is 11.5 Å². The van der Waals surface area contributed by atoms with E-state index < -0.39 is 0 Å². The van der Waals surface area contributed by atoms with Crippen LogP contribution in [-0.2, 0) is 0 Å². The van der Waals surface area contributed by atoms with Crippen LogP contribution in [-0.4, -0.2) is 37.3 Å². The fourth-order valence-electron chi connectivity index (χ4n) is 3.36. The molecule has 2 heterocycles. The monoisotopic (exact) mass is 447 g/mol. The molecule has 1 N–H and O–H groups in total. The van der Waals surface area contributed by atoms with E-state index in [1.54, 1.807) is 34.8 Å². The predicted octanol–water partition coefficient (Wildman–Crippen LogP) is 6.46. The van der Waals surface area contributed by atoms with Gasteiger partial charge in [-0.2, -0.15) is 0 Å². The van der Waals surface area contributed by atoms with Crippen LogP contribution in [0.3, 0.4) is 0 Å². The molecule has 0 aliphatic heterocycles. The van der Waals surface area contributed by atoms with Gasteiger partial charge < -0.3 is 14.7 Å². The van der Waals surface area contributed by atoms with Crippen molar-refractivity contribution in [3.8, 4) is 11.5 Å². The van der Waals surface area contributed by atoms with Crippen molar-refractivity contribution >= 4 is 33.8 Å². The van der Waals surface area contributed by atoms with E-state index in [2.05, 4.69) is 52.1 Å². The van der Waals surface area contributed by atoms with Gasteiger partial charge in [-0.15, -0.1) is 22.7 Å². The molecule has 0 aliphatic carbocycles. The van der Waals surface area contributed by atoms with Gasteiger partial charge in [0.25, 0.3) is 0 Å². The van der Waals surface area contributed by atoms with E-state index in [-0.39, 0.29) is 5.75 Å². The summed E-state index contributed by atoms with van der Waals surface area (Å²) in [6.07, 6.45) is 0. The van der Waals surface area contributed by atoms with Gasteiger partial charge >= 0.3 is 0 Å². The molecule has 31 heavy (non-hydrogen) atoms. The van der Waals surface area contributed by atoms with Crippen LogP contribution < -0.4 is 4.74 Å². The van der Waals surface area contributed by atoms with Crippen LogP contribution in [0.25, 0.3) is 11.1 Å². The van der Waals surface area contributed by atoms with Crippen LogP contribution >= 0.6 is 22.7 Å². The first-order valence-corrected chi connectivity index (χ1v) is 11.9. The molecule has 2 aromatic carbocycles. The highest BCUT2D eigenvalue weighted by molar-refractivity contribution is 7.14. The van der Waals surface area contributed by atoms with Gasteiger partial charge in [0.05, 0.1) is 0 Å². The van der Waals surface area contributed by atoms with E-state index >= 15 is 0 Å². The molecule has 0 fully saturated rings. The smallest absolute Gasteiger partial charge is 0.119 e. The fraction of sp³-hybridized carbons (Fsp3) is 0.154. The van der Waals surface area contributed by atoms with Gasteiger partial charge in [-0.05, 0) is 78.0 Å². The van der Waals surface area contributed by atoms with Crippen molar-refractivity contribution in [3.05, 3.63) is 104 Å². The number of aromatic hydroxyl groups is 1. The minimum atomic E-state index is 0.265. The second kappa shape index (κ2) is 9.96. The quantitative estimate of drug-likeness (QED) is 0.336. The summed E-state index contributed by atoms with van der Waals surface area (Å²) in [5.41, 5.74) is 4.53. The van der Waals surface area contributed by atoms with Crippen LogP contribution in [0, 0.1) is 0 Å². The zero-order valence-electron chi connectivity index (χ0n) is 17.6. The fourth-order valence-corrected chi connectivity index (χ4v) is 5.00. The number of benzene rings is 2. The largest absolute Gasteiger partial charge is 0.508 e. The number of phenols is 1. The number of nitrogens with zero attached hydrogens (tertiary/aromatic N) is 1. The highest BCUT2D eigenvalue weighted by atomic mass is 32.1. The Morgan fingerprint density at radius 2 is 1.32 bits per heavy atom. The summed E-state index contributed by atoms with van der Waals surface area (Å²) < 4.78 is 5.89. The summed E-state index contributed by atoms with van der Waals surface area (Å²) in [4.78, 5) is 4.54. The molecule has 0 unspecified atom stereocenters. The van der Waals surface area contributed by atoms with Crippen molar-refractivity contribution in [2.24, 2.45) is 0 Å². The van der Waals surface area contributed by atoms with E-state index in [1.807, 2.05) is 38.4 Å². The Hall–Kier alpha value is -2.86. The molecule has 5 heteroatoms. The second-order valence-electron chi connectivity index (χ2n) is 7.43. The predicted molar refractivity (Wildman–Crippen MR) is 132 cm³/mol. The van der Waals surface area contributed by atoms with E-state index in [0.717, 1.165) is 29.0 Å². The topological polar surface area (TPSA) is 32.7 Å². The van der Waals surface area contributed by atoms with E-state index in [4.69, 9.17) is 4.74 Å². The highest BCUT2D eigenvalue weighted by Gasteiger charge is 2.18. The lowest BCUT2D eigenvalue weighted by molar-refractivity contribution is 0.261. The Labute approximate surface area is 191 Å². The Balaban J connectivity index is 1.82. The summed E-state index contributed by atoms with van der Waals surface area (Å²) in [7, 11) is 4.08. The van der Waals surface area contributed by atoms with Gasteiger partial charge in [-0.3, -0.25) is 0 Å². The number of rotatable bonds is 8. The van der Waals surface area contributed by atoms with Gasteiger partial charge in [-0.1, -0.05) is 36.4 Å². The molecule has 0 saturated carbocycles. The van der Waals surface area contributed by atoms with Gasteiger partial charge in [0, 0.05) is 21.9 Å². The van der Waals surface area contributed by atoms with E-state index in [9.17, 15) is 5.11 Å². The molecule has 2 aromatic heterocycles. The van der Waals surface area contributed by atoms with Crippen molar-refractivity contribution in [2.45, 2.75) is 0 Å². The molecule has 0 radical (unpaired) electrons. The summed E-state index contributed by atoms with van der Waals surface area (Å²) in [6, 6.07) is 24.3. The third-order valence-electron chi connectivity index (χ3n) is 4.89. The first kappa shape index (κ1) is 21.4. The lowest BCUT2D eigenvalue weighted by Gasteiger charge is -2.16. The molecule has 0 bridgehead atoms. The van der Waals surface area contributed by atoms with Crippen molar-refractivity contribution in [2.75, 3.05) is 27.2 Å². The van der Waals surface area contributed by atoms with Gasteiger partial charge in [0.1, 0.15) is 18.1 Å². The van der Waals surface area contributed by atoms with Crippen LogP contribution in [0.15, 0.2) is 83.6 Å². The second-order valence-corrected chi connectivity index (χ2v) is 9.32. The highest BCUT2D eigenvalue weighted by Crippen LogP contribution is 2.40. The molecular weight excluding hydrogens is 422 g/mol. The van der Waals surface area contributed by atoms with Crippen LogP contribution in [0.1, 0.15) is 20.9 Å². The van der Waals surface area contributed by atoms with Gasteiger partial charge in [0.2, 0.25) is 0 Å². The number of hydrogen-bond donors (Lipinski definition) is 1. The van der Waals surface area contributed by atoms with Gasteiger partial charge in [0.15, 0.2) is 0 Å². The maximum absolute atomic E-state index is 9.84. The standard InChI is InChI=1S/C26H25NO2S2/c1-27(2)15-16-29-22-13-9-20(10-14-22)25(19-7-11-21(28)12-8-19)26(23-5-3-17-30-23)24-6-4-18-31-24/h3-14,17-18,28H,15-16H2,1-2H3. The lowest BCUT2D eigenvalue weighted by Crippen LogP contribution is -2.19. The van der Waals surface area contributed by atoms with E-state index in [0.29, 0.717) is 6.61 Å². The molecule has 3 nitrogen and oxygen atoms in total. The van der Waals surface area contributed by atoms with Crippen molar-refractivity contribution in [3.63, 3.8) is 0 Å². The Morgan fingerprint density at radius 1 is 0.774 bits per heavy atom. The SMILES string of the molecule is CN(C)CCOc1ccc(C(=C(c2cccs2)c2cccs2)c2ccc(O)cc2)cc1. The molecule has 0 saturated heterocycles. The van der Waals surface area contributed by atoms with Crippen molar-refractivity contribution < 1.29 is 9.84 Å². The van der Waals surface area contributed by atoms with Crippen LogP contribution in [0.2, 0.25) is 0 Å². The summed E-state index contributed by atoms with van der Waals surface area (Å²) >= 11 is 3.47. The zero-order valence-corrected chi connectivity index (χ0v) is 19.2. The minimum Gasteiger partial charge on any atom is -0.508 e. The first-order valence-electron chi connectivity index (χ1n) is 10.1. The molecule has 0 spiro atoms. The molecule has 0 amide bonds. The molecular formula is C26H25NO2S2. The lowest BCUT2D eigenvalue weighted by atomic mass is 9.91. The Morgan fingerprint density at radius 3 is 1.81 bits per heavy atom. The van der Waals surface area contributed by atoms with E-state index in [1.165, 1.54) is 15.3 Å². The Bertz CT molecular complexity index is 1080. The normalized spacial score (nSPS) is 10.9. The zero-order chi connectivity index (χ0) is 21.6. The van der Waals surface area contributed by atoms with Gasteiger partial charge in [-0.25, -0.2) is 0 Å². The average Bonchev–Trinajstić information content (AvgIpc) is 3.48. The number of ether oxygens (including phenoxy) is 1. The molecule has 0 aliphatic rings. The third-order valence-corrected chi connectivity index (χ3v) is 6.67. The summed E-state index contributed by atoms with van der Waals surface area (Å²) in [5.74, 6) is 1.13. The maximum Gasteiger partial charge on any atom is 0.119 e. The first-order chi connectivity index (χ1) is 15.1. The van der Waals surface area contributed by atoms with Crippen molar-refractivity contribution in [1.82, 2.24) is 4.90 Å². The maximum atomic E-state index is 9.84. The summed E-state index contributed by atoms with van der Waals surface area (Å²) in [6.45, 7) is 1.53. The Kier molecular flexibility index (Phi) is 6.87. The average molecular weight is 448 g/mol. The number of hydrogen-bond acceptors (Lipinski definition) is 5. The number of phenolic OH excluding ortho intramolecular Hbond substituents is 1. The molecule has 4 aromatic rings. The van der Waals surface area contributed by atoms with Crippen molar-refractivity contribution in [1.29, 1.82) is 0 Å². The molecule has 0 atom stereocenters. The number of likely N-dealkylation sites (N-methyl/N-ethyl adjacent to an activating group) is 1. The minimum absolute atomic E-state index is 0.265. The molecule has 158 valence electrons. The number of thiophene rings is 2. The summed E-state index contributed by atoms with van der Waals surface area (Å²) in [5, 5.41) is 14.1. The third kappa shape index (κ3) is 5.25.